The van der Waals surface area contributed by atoms with E-state index >= 15 is 0 Å². The highest BCUT2D eigenvalue weighted by Gasteiger charge is 2.25. The normalized spacial score (nSPS) is 11.4. The van der Waals surface area contributed by atoms with E-state index in [1.54, 1.807) is 76.4 Å². The molecule has 0 aliphatic rings. The number of rotatable bonds is 23. The highest BCUT2D eigenvalue weighted by atomic mass is 16.2. The molecule has 111 heavy (non-hydrogen) atoms. The Kier molecular flexibility index (Phi) is 22.7. The third-order valence-corrected chi connectivity index (χ3v) is 19.1. The Morgan fingerprint density at radius 1 is 0.414 bits per heavy atom. The number of nitrogens with zero attached hydrogens (tertiary/aromatic N) is 15. The van der Waals surface area contributed by atoms with Crippen molar-refractivity contribution in [2.75, 3.05) is 49.9 Å². The Balaban J connectivity index is 0.000000146. The summed E-state index contributed by atoms with van der Waals surface area (Å²) in [6, 6.07) is 30.2. The fourth-order valence-electron chi connectivity index (χ4n) is 13.0. The Morgan fingerprint density at radius 2 is 0.784 bits per heavy atom. The van der Waals surface area contributed by atoms with Crippen molar-refractivity contribution in [3.8, 4) is 67.9 Å². The van der Waals surface area contributed by atoms with Crippen LogP contribution in [0.4, 0.5) is 11.4 Å². The van der Waals surface area contributed by atoms with Crippen LogP contribution in [0.5, 0.6) is 0 Å². The molecule has 12 heterocycles. The number of H-pyrrole nitrogens is 6. The standard InChI is InChI=1S/C28H30N8O2.C27H28N8O2.C27H27N7O2/c1-5-36(6-2)28(38)20-8-7-9-22-24(20)33-27(32-22)25-21-12-18(14-30-26(21)35-34-25)17-11-19(15-29-13-17)31-23(37)10-16(3)4;1-5-35(6-2)27(37)19-8-7-9-21-22(19)32-25(31-21)23-20-11-17(13-29-24(20)34-33-23)16-10-18(14-28-12-16)30-26(36)15(3)4;1-4-19(35)13-18-11-10-16(14-28-18)17-12-21-24(32-33-25(21)29-15-17)26-30-22-9-7-8-20(23(22)31-26)27(36)34(5-2)6-3/h7-9,11-16H,5-6,10H2,1-4H3,(H,31,37)(H,32,33)(H,30,34,35);7-15H,5-6H2,1-4H3,(H,30,36)(H,31,32)(H,29,33,34);7-12,14-15H,4-6,13H2,1-3H3,(H,30,31)(H,29,32,33). The molecule has 0 saturated heterocycles. The van der Waals surface area contributed by atoms with Crippen molar-refractivity contribution in [1.29, 1.82) is 0 Å². The van der Waals surface area contributed by atoms with Crippen LogP contribution in [0.2, 0.25) is 0 Å². The summed E-state index contributed by atoms with van der Waals surface area (Å²) in [5, 5.41) is 30.3. The number of ketones is 1. The summed E-state index contributed by atoms with van der Waals surface area (Å²) in [5.74, 6) is 1.73. The highest BCUT2D eigenvalue weighted by molar-refractivity contribution is 6.09. The molecule has 15 rings (SSSR count). The molecule has 564 valence electrons. The molecule has 15 aromatic rings. The van der Waals surface area contributed by atoms with Crippen molar-refractivity contribution in [1.82, 2.24) is 105 Å². The first kappa shape index (κ1) is 75.6. The molecule has 29 heteroatoms. The van der Waals surface area contributed by atoms with E-state index in [9.17, 15) is 28.8 Å². The second-order valence-corrected chi connectivity index (χ2v) is 27.2. The summed E-state index contributed by atoms with van der Waals surface area (Å²) in [6.45, 7) is 25.1. The summed E-state index contributed by atoms with van der Waals surface area (Å²) in [5.41, 5.74) is 16.5. The molecule has 0 bridgehead atoms. The molecular weight excluding hydrogens is 1400 g/mol. The third-order valence-electron chi connectivity index (χ3n) is 19.1. The summed E-state index contributed by atoms with van der Waals surface area (Å²) < 4.78 is 0. The second-order valence-electron chi connectivity index (χ2n) is 27.2. The topological polar surface area (TPSA) is 386 Å². The minimum Gasteiger partial charge on any atom is -0.339 e. The minimum absolute atomic E-state index is 0.0429. The van der Waals surface area contributed by atoms with Gasteiger partial charge >= 0.3 is 0 Å². The van der Waals surface area contributed by atoms with Crippen LogP contribution in [-0.2, 0) is 20.8 Å². The molecule has 0 saturated carbocycles. The minimum atomic E-state index is -0.137. The predicted molar refractivity (Wildman–Crippen MR) is 429 cm³/mol. The number of aromatic nitrogens is 18. The van der Waals surface area contributed by atoms with Crippen molar-refractivity contribution in [2.45, 2.75) is 95.4 Å². The molecule has 0 aliphatic heterocycles. The molecule has 3 aromatic carbocycles. The molecule has 0 atom stereocenters. The molecule has 29 nitrogen and oxygen atoms in total. The van der Waals surface area contributed by atoms with E-state index in [-0.39, 0.29) is 47.2 Å². The Bertz CT molecular complexity index is 5950. The first-order valence-electron chi connectivity index (χ1n) is 37.1. The fourth-order valence-corrected chi connectivity index (χ4v) is 13.0. The molecule has 0 spiro atoms. The van der Waals surface area contributed by atoms with Crippen molar-refractivity contribution < 1.29 is 28.8 Å². The average Bonchev–Trinajstić information content (AvgIpc) is 1.63. The van der Waals surface area contributed by atoms with E-state index in [4.69, 9.17) is 15.0 Å². The molecule has 8 N–H and O–H groups in total. The number of pyridine rings is 6. The van der Waals surface area contributed by atoms with Crippen molar-refractivity contribution in [2.24, 2.45) is 11.8 Å². The summed E-state index contributed by atoms with van der Waals surface area (Å²) >= 11 is 0. The summed E-state index contributed by atoms with van der Waals surface area (Å²) in [4.78, 5) is 131. The number of hydrogen-bond acceptors (Lipinski definition) is 18. The maximum absolute atomic E-state index is 13.1. The highest BCUT2D eigenvalue weighted by Crippen LogP contribution is 2.35. The lowest BCUT2D eigenvalue weighted by atomic mass is 10.1. The monoisotopic (exact) mass is 1490 g/mol. The number of para-hydroxylation sites is 3. The molecular formula is C82H85N23O6. The lowest BCUT2D eigenvalue weighted by molar-refractivity contribution is -0.119. The van der Waals surface area contributed by atoms with E-state index in [1.165, 1.54) is 0 Å². The number of nitrogens with one attached hydrogen (secondary N) is 8. The number of hydrogen-bond donors (Lipinski definition) is 8. The third kappa shape index (κ3) is 16.2. The van der Waals surface area contributed by atoms with Gasteiger partial charge in [0.2, 0.25) is 11.8 Å². The largest absolute Gasteiger partial charge is 0.339 e. The van der Waals surface area contributed by atoms with Gasteiger partial charge in [-0.1, -0.05) is 58.9 Å². The predicted octanol–water partition coefficient (Wildman–Crippen LogP) is 14.2. The van der Waals surface area contributed by atoms with Gasteiger partial charge in [-0.15, -0.1) is 0 Å². The first-order valence-corrected chi connectivity index (χ1v) is 37.1. The molecule has 0 radical (unpaired) electrons. The van der Waals surface area contributed by atoms with Crippen LogP contribution in [-0.4, -0.2) is 180 Å². The van der Waals surface area contributed by atoms with Gasteiger partial charge in [-0.3, -0.25) is 59.0 Å². The van der Waals surface area contributed by atoms with Gasteiger partial charge in [0.05, 0.1) is 73.2 Å². The Hall–Kier alpha value is -13.6. The summed E-state index contributed by atoms with van der Waals surface area (Å²) in [7, 11) is 0. The van der Waals surface area contributed by atoms with Crippen LogP contribution in [0.1, 0.15) is 126 Å². The maximum atomic E-state index is 13.1. The van der Waals surface area contributed by atoms with Crippen LogP contribution in [0.3, 0.4) is 0 Å². The number of aromatic amines is 6. The van der Waals surface area contributed by atoms with Crippen LogP contribution < -0.4 is 10.6 Å². The van der Waals surface area contributed by atoms with Gasteiger partial charge in [-0.25, -0.2) is 29.9 Å². The number of Topliss-reactive ketones (excluding diaryl/α,β-unsaturated/α-hetero) is 1. The van der Waals surface area contributed by atoms with Gasteiger partial charge in [-0.2, -0.15) is 15.3 Å². The van der Waals surface area contributed by atoms with E-state index in [0.29, 0.717) is 155 Å². The Labute approximate surface area is 637 Å². The fraction of sp³-hybridized carbons (Fsp3) is 0.268. The first-order chi connectivity index (χ1) is 53.8. The number of carbonyl (C=O) groups excluding carboxylic acids is 6. The van der Waals surface area contributed by atoms with Crippen LogP contribution in [0.15, 0.2) is 147 Å². The van der Waals surface area contributed by atoms with E-state index < -0.39 is 0 Å². The van der Waals surface area contributed by atoms with Crippen molar-refractivity contribution >= 4 is 113 Å². The van der Waals surface area contributed by atoms with Crippen LogP contribution >= 0.6 is 0 Å². The number of carbonyl (C=O) groups is 6. The van der Waals surface area contributed by atoms with Crippen LogP contribution in [0, 0.1) is 11.8 Å². The lowest BCUT2D eigenvalue weighted by Crippen LogP contribution is -2.30. The zero-order chi connectivity index (χ0) is 78.1. The average molecular weight is 1490 g/mol. The molecule has 5 amide bonds. The smallest absolute Gasteiger partial charge is 0.256 e. The number of fused-ring (bicyclic) bond motifs is 6. The quantitative estimate of drug-likeness (QED) is 0.0295. The van der Waals surface area contributed by atoms with Crippen LogP contribution in [0.25, 0.3) is 134 Å². The maximum Gasteiger partial charge on any atom is 0.256 e. The van der Waals surface area contributed by atoms with Gasteiger partial charge in [0.1, 0.15) is 39.4 Å². The van der Waals surface area contributed by atoms with E-state index in [0.717, 1.165) is 71.8 Å². The van der Waals surface area contributed by atoms with E-state index in [2.05, 4.69) is 86.1 Å². The van der Waals surface area contributed by atoms with E-state index in [1.807, 2.05) is 161 Å². The molecule has 0 aliphatic carbocycles. The zero-order valence-corrected chi connectivity index (χ0v) is 63.5. The van der Waals surface area contributed by atoms with Crippen molar-refractivity contribution in [3.05, 3.63) is 169 Å². The Morgan fingerprint density at radius 3 is 1.14 bits per heavy atom. The summed E-state index contributed by atoms with van der Waals surface area (Å²) in [6.07, 6.45) is 14.9. The molecule has 0 fully saturated rings. The van der Waals surface area contributed by atoms with Gasteiger partial charge in [-0.05, 0) is 120 Å². The van der Waals surface area contributed by atoms with Crippen molar-refractivity contribution in [3.63, 3.8) is 0 Å². The number of benzene rings is 3. The molecule has 12 aromatic heterocycles. The second kappa shape index (κ2) is 33.3. The van der Waals surface area contributed by atoms with Gasteiger partial charge in [0.25, 0.3) is 17.7 Å². The number of imidazole rings is 3. The lowest BCUT2D eigenvalue weighted by Gasteiger charge is -2.18. The number of amides is 5. The molecule has 0 unspecified atom stereocenters. The number of anilines is 2. The zero-order valence-electron chi connectivity index (χ0n) is 63.5. The SMILES string of the molecule is CCC(=O)Cc1ccc(-c2cnc3n[nH]c(-c4nc5c(C(=O)N(CC)CC)cccc5[nH]4)c3c2)cn1.CCN(CC)C(=O)c1cccc2[nH]c(-c3[nH]nc4ncc(-c5cncc(NC(=O)C(C)C)c5)cc34)nc12.CCN(CC)C(=O)c1cccc2[nH]c(-c3[nH]nc4ncc(-c5cncc(NC(=O)CC(C)C)c5)cc34)nc12. The van der Waals surface area contributed by atoms with Gasteiger partial charge in [0, 0.05) is 141 Å². The van der Waals surface area contributed by atoms with Gasteiger partial charge in [0.15, 0.2) is 34.4 Å². The van der Waals surface area contributed by atoms with Gasteiger partial charge < -0.3 is 40.3 Å².